The second-order valence-electron chi connectivity index (χ2n) is 18.2. The summed E-state index contributed by atoms with van der Waals surface area (Å²) in [7, 11) is 0. The van der Waals surface area contributed by atoms with E-state index >= 15 is 0 Å². The van der Waals surface area contributed by atoms with E-state index in [1.54, 1.807) is 0 Å². The van der Waals surface area contributed by atoms with Crippen molar-refractivity contribution in [3.63, 3.8) is 0 Å². The number of anilines is 6. The average Bonchev–Trinajstić information content (AvgIpc) is 3.74. The molecule has 0 saturated carbocycles. The van der Waals surface area contributed by atoms with Crippen LogP contribution in [0.3, 0.4) is 0 Å². The van der Waals surface area contributed by atoms with Gasteiger partial charge in [-0.1, -0.05) is 151 Å². The Morgan fingerprint density at radius 2 is 0.492 bits per heavy atom. The molecule has 8 aromatic rings. The van der Waals surface area contributed by atoms with Crippen LogP contribution in [0.4, 0.5) is 34.1 Å². The molecule has 2 nitrogen and oxygen atoms in total. The predicted molar refractivity (Wildman–Crippen MR) is 248 cm³/mol. The van der Waals surface area contributed by atoms with E-state index in [0.717, 1.165) is 34.1 Å². The molecule has 0 N–H and O–H groups in total. The van der Waals surface area contributed by atoms with Crippen LogP contribution in [0.2, 0.25) is 0 Å². The van der Waals surface area contributed by atoms with E-state index in [2.05, 4.69) is 233 Å². The molecule has 11 rings (SSSR count). The van der Waals surface area contributed by atoms with Gasteiger partial charge in [0.2, 0.25) is 0 Å². The molecule has 0 unspecified atom stereocenters. The number of hydrogen-bond donors (Lipinski definition) is 0. The summed E-state index contributed by atoms with van der Waals surface area (Å²) in [6.45, 7) is 14.2. The Hall–Kier alpha value is -6.64. The summed E-state index contributed by atoms with van der Waals surface area (Å²) < 4.78 is 0. The van der Waals surface area contributed by atoms with E-state index in [0.29, 0.717) is 0 Å². The summed E-state index contributed by atoms with van der Waals surface area (Å²) in [6, 6.07) is 67.9. The normalized spacial score (nSPS) is 15.4. The van der Waals surface area contributed by atoms with Gasteiger partial charge in [-0.3, -0.25) is 0 Å². The van der Waals surface area contributed by atoms with Crippen molar-refractivity contribution in [2.24, 2.45) is 0 Å². The summed E-state index contributed by atoms with van der Waals surface area (Å²) >= 11 is 0. The van der Waals surface area contributed by atoms with Gasteiger partial charge in [-0.25, -0.2) is 0 Å². The van der Waals surface area contributed by atoms with Gasteiger partial charge < -0.3 is 9.80 Å². The van der Waals surface area contributed by atoms with Crippen molar-refractivity contribution in [1.29, 1.82) is 0 Å². The fourth-order valence-electron chi connectivity index (χ4n) is 10.7. The quantitative estimate of drug-likeness (QED) is 0.167. The van der Waals surface area contributed by atoms with E-state index in [1.807, 2.05) is 0 Å². The Labute approximate surface area is 349 Å². The van der Waals surface area contributed by atoms with Crippen molar-refractivity contribution in [3.8, 4) is 33.4 Å². The number of fused-ring (bicyclic) bond motifs is 9. The van der Waals surface area contributed by atoms with Crippen molar-refractivity contribution < 1.29 is 0 Å². The lowest BCUT2D eigenvalue weighted by Gasteiger charge is -2.31. The molecule has 3 aliphatic carbocycles. The number of benzene rings is 8. The first-order valence-corrected chi connectivity index (χ1v) is 21.0. The van der Waals surface area contributed by atoms with Gasteiger partial charge in [-0.15, -0.1) is 0 Å². The molecule has 0 heterocycles. The summed E-state index contributed by atoms with van der Waals surface area (Å²) in [4.78, 5) is 4.86. The van der Waals surface area contributed by atoms with Gasteiger partial charge in [0, 0.05) is 50.4 Å². The van der Waals surface area contributed by atoms with Gasteiger partial charge in [0.25, 0.3) is 0 Å². The topological polar surface area (TPSA) is 6.48 Å². The zero-order chi connectivity index (χ0) is 40.3. The number of hydrogen-bond acceptors (Lipinski definition) is 2. The lowest BCUT2D eigenvalue weighted by atomic mass is 9.82. The summed E-state index contributed by atoms with van der Waals surface area (Å²) in [5, 5.41) is 0. The van der Waals surface area contributed by atoms with Gasteiger partial charge >= 0.3 is 0 Å². The Kier molecular flexibility index (Phi) is 7.63. The molecule has 0 bridgehead atoms. The molecule has 3 aliphatic rings. The second-order valence-corrected chi connectivity index (χ2v) is 18.2. The maximum atomic E-state index is 2.46. The lowest BCUT2D eigenvalue weighted by molar-refractivity contribution is 0.660. The molecule has 0 saturated heterocycles. The van der Waals surface area contributed by atoms with Gasteiger partial charge in [0.15, 0.2) is 0 Å². The van der Waals surface area contributed by atoms with Crippen LogP contribution in [-0.2, 0) is 16.2 Å². The van der Waals surface area contributed by atoms with Crippen LogP contribution in [0.1, 0.15) is 74.9 Å². The molecule has 59 heavy (non-hydrogen) atoms. The maximum absolute atomic E-state index is 2.46. The van der Waals surface area contributed by atoms with E-state index < -0.39 is 0 Å². The molecule has 0 aliphatic heterocycles. The molecular weight excluding hydrogens is 713 g/mol. The van der Waals surface area contributed by atoms with Crippen LogP contribution in [0.15, 0.2) is 182 Å². The highest BCUT2D eigenvalue weighted by Gasteiger charge is 2.38. The summed E-state index contributed by atoms with van der Waals surface area (Å²) in [6.07, 6.45) is 0. The van der Waals surface area contributed by atoms with Crippen LogP contribution in [0.25, 0.3) is 33.4 Å². The van der Waals surface area contributed by atoms with Gasteiger partial charge in [-0.2, -0.15) is 0 Å². The smallest absolute Gasteiger partial charge is 0.0465 e. The molecule has 0 fully saturated rings. The minimum Gasteiger partial charge on any atom is -0.310 e. The highest BCUT2D eigenvalue weighted by atomic mass is 15.2. The Balaban J connectivity index is 1.05. The standard InChI is InChI=1S/C57H48N2/c1-55(2)49-21-13-10-18-43(49)46-31-28-40(34-52(46)55)58(37-16-8-7-9-17-37)38-24-26-39(27-25-38)59(41-29-32-47-44-19-11-14-22-50(44)56(3,4)53(47)35-41)42-30-33-48-45-20-12-15-23-51(45)57(5,6)54(48)36-42/h7-36H,1-6H3. The minimum atomic E-state index is -0.110. The Morgan fingerprint density at radius 1 is 0.237 bits per heavy atom. The Morgan fingerprint density at radius 3 is 0.847 bits per heavy atom. The van der Waals surface area contributed by atoms with E-state index in [-0.39, 0.29) is 16.2 Å². The fourth-order valence-corrected chi connectivity index (χ4v) is 10.7. The third-order valence-corrected chi connectivity index (χ3v) is 13.9. The molecule has 2 heteroatoms. The number of para-hydroxylation sites is 1. The molecule has 0 aromatic heterocycles. The lowest BCUT2D eigenvalue weighted by Crippen LogP contribution is -2.18. The first-order valence-electron chi connectivity index (χ1n) is 21.0. The maximum Gasteiger partial charge on any atom is 0.0465 e. The first-order chi connectivity index (χ1) is 28.5. The predicted octanol–water partition coefficient (Wildman–Crippen LogP) is 15.5. The SMILES string of the molecule is CC1(C)c2ccccc2-c2ccc(N(c3ccccc3)c3ccc(N(c4ccc5c(c4)C(C)(C)c4ccccc4-5)c4ccc5c(c4)C(C)(C)c4ccccc4-5)cc3)cc21. The van der Waals surface area contributed by atoms with Crippen LogP contribution in [0.5, 0.6) is 0 Å². The zero-order valence-corrected chi connectivity index (χ0v) is 34.7. The third-order valence-electron chi connectivity index (χ3n) is 13.9. The number of rotatable bonds is 6. The monoisotopic (exact) mass is 760 g/mol. The molecule has 0 spiro atoms. The van der Waals surface area contributed by atoms with Crippen LogP contribution >= 0.6 is 0 Å². The molecule has 8 aromatic carbocycles. The van der Waals surface area contributed by atoms with Crippen molar-refractivity contribution in [3.05, 3.63) is 215 Å². The average molecular weight is 761 g/mol. The molecule has 0 radical (unpaired) electrons. The Bertz CT molecular complexity index is 2860. The van der Waals surface area contributed by atoms with Gasteiger partial charge in [0.05, 0.1) is 0 Å². The van der Waals surface area contributed by atoms with Crippen molar-refractivity contribution >= 4 is 34.1 Å². The summed E-state index contributed by atoms with van der Waals surface area (Å²) in [5.74, 6) is 0. The minimum absolute atomic E-state index is 0.0910. The van der Waals surface area contributed by atoms with Crippen molar-refractivity contribution in [2.45, 2.75) is 57.8 Å². The largest absolute Gasteiger partial charge is 0.310 e. The van der Waals surface area contributed by atoms with E-state index in [1.165, 1.54) is 66.8 Å². The zero-order valence-electron chi connectivity index (χ0n) is 34.7. The molecule has 286 valence electrons. The van der Waals surface area contributed by atoms with E-state index in [9.17, 15) is 0 Å². The van der Waals surface area contributed by atoms with Crippen LogP contribution in [0, 0.1) is 0 Å². The second kappa shape index (κ2) is 12.7. The van der Waals surface area contributed by atoms with Crippen molar-refractivity contribution in [1.82, 2.24) is 0 Å². The molecular formula is C57H48N2. The summed E-state index contributed by atoms with van der Waals surface area (Å²) in [5.41, 5.74) is 22.8. The first kappa shape index (κ1) is 35.5. The highest BCUT2D eigenvalue weighted by molar-refractivity contribution is 5.90. The molecule has 0 amide bonds. The van der Waals surface area contributed by atoms with E-state index in [4.69, 9.17) is 0 Å². The number of nitrogens with zero attached hydrogens (tertiary/aromatic N) is 2. The van der Waals surface area contributed by atoms with Crippen LogP contribution < -0.4 is 9.80 Å². The third kappa shape index (κ3) is 5.18. The molecule has 0 atom stereocenters. The van der Waals surface area contributed by atoms with Crippen molar-refractivity contribution in [2.75, 3.05) is 9.80 Å². The van der Waals surface area contributed by atoms with Gasteiger partial charge in [-0.05, 0) is 140 Å². The highest BCUT2D eigenvalue weighted by Crippen LogP contribution is 2.54. The van der Waals surface area contributed by atoms with Crippen LogP contribution in [-0.4, -0.2) is 0 Å². The fraction of sp³-hybridized carbons (Fsp3) is 0.158. The van der Waals surface area contributed by atoms with Gasteiger partial charge in [0.1, 0.15) is 0 Å².